The first-order chi connectivity index (χ1) is 11.8. The predicted octanol–water partition coefficient (Wildman–Crippen LogP) is 4.75. The van der Waals surface area contributed by atoms with Crippen molar-refractivity contribution in [1.82, 2.24) is 0 Å². The third-order valence-corrected chi connectivity index (χ3v) is 4.18. The van der Waals surface area contributed by atoms with Crippen molar-refractivity contribution in [2.45, 2.75) is 33.1 Å². The molecule has 1 aliphatic heterocycles. The molecule has 0 N–H and O–H groups in total. The van der Waals surface area contributed by atoms with Gasteiger partial charge in [0.25, 0.3) is 0 Å². The van der Waals surface area contributed by atoms with Gasteiger partial charge in [0.05, 0.1) is 13.2 Å². The van der Waals surface area contributed by atoms with Crippen LogP contribution in [0.5, 0.6) is 23.0 Å². The fourth-order valence-corrected chi connectivity index (χ4v) is 3.09. The van der Waals surface area contributed by atoms with E-state index in [4.69, 9.17) is 18.9 Å². The van der Waals surface area contributed by atoms with Crippen LogP contribution in [0.2, 0.25) is 0 Å². The number of hydrogen-bond donors (Lipinski definition) is 0. The van der Waals surface area contributed by atoms with Crippen molar-refractivity contribution >= 4 is 0 Å². The van der Waals surface area contributed by atoms with Gasteiger partial charge in [0.2, 0.25) is 6.79 Å². The van der Waals surface area contributed by atoms with Gasteiger partial charge in [0.1, 0.15) is 11.5 Å². The second-order valence-electron chi connectivity index (χ2n) is 5.64. The van der Waals surface area contributed by atoms with E-state index in [2.05, 4.69) is 25.1 Å². The molecule has 0 radical (unpaired) electrons. The molecule has 0 bridgehead atoms. The summed E-state index contributed by atoms with van der Waals surface area (Å²) < 4.78 is 22.4. The van der Waals surface area contributed by atoms with Gasteiger partial charge < -0.3 is 18.9 Å². The van der Waals surface area contributed by atoms with Gasteiger partial charge in [-0.3, -0.25) is 0 Å². The van der Waals surface area contributed by atoms with E-state index < -0.39 is 0 Å². The van der Waals surface area contributed by atoms with Gasteiger partial charge in [-0.05, 0) is 44.0 Å². The molecule has 0 unspecified atom stereocenters. The van der Waals surface area contributed by atoms with E-state index in [1.54, 1.807) is 0 Å². The molecule has 0 saturated heterocycles. The molecule has 0 aliphatic carbocycles. The maximum Gasteiger partial charge on any atom is 0.231 e. The van der Waals surface area contributed by atoms with Crippen molar-refractivity contribution in [2.75, 3.05) is 20.0 Å². The summed E-state index contributed by atoms with van der Waals surface area (Å²) >= 11 is 0. The Morgan fingerprint density at radius 1 is 0.917 bits per heavy atom. The first-order valence-corrected chi connectivity index (χ1v) is 8.55. The Kier molecular flexibility index (Phi) is 5.14. The highest BCUT2D eigenvalue weighted by Crippen LogP contribution is 2.43. The van der Waals surface area contributed by atoms with E-state index in [1.807, 2.05) is 32.0 Å². The average Bonchev–Trinajstić information content (AvgIpc) is 3.05. The van der Waals surface area contributed by atoms with E-state index in [-0.39, 0.29) is 12.7 Å². The van der Waals surface area contributed by atoms with Gasteiger partial charge in [0.15, 0.2) is 11.5 Å². The Hall–Kier alpha value is -2.36. The van der Waals surface area contributed by atoms with Gasteiger partial charge >= 0.3 is 0 Å². The molecule has 4 nitrogen and oxygen atoms in total. The zero-order chi connectivity index (χ0) is 16.9. The quantitative estimate of drug-likeness (QED) is 0.734. The summed E-state index contributed by atoms with van der Waals surface area (Å²) in [7, 11) is 0. The lowest BCUT2D eigenvalue weighted by Gasteiger charge is -2.20. The molecule has 1 aliphatic rings. The Bertz CT molecular complexity index is 679. The number of hydrogen-bond acceptors (Lipinski definition) is 4. The third kappa shape index (κ3) is 3.28. The molecule has 2 aromatic rings. The van der Waals surface area contributed by atoms with Crippen molar-refractivity contribution in [1.29, 1.82) is 0 Å². The second kappa shape index (κ2) is 7.47. The topological polar surface area (TPSA) is 36.9 Å². The smallest absolute Gasteiger partial charge is 0.231 e. The number of fused-ring (bicyclic) bond motifs is 1. The van der Waals surface area contributed by atoms with Gasteiger partial charge in [0, 0.05) is 17.5 Å². The van der Waals surface area contributed by atoms with E-state index in [0.29, 0.717) is 13.2 Å². The van der Waals surface area contributed by atoms with Gasteiger partial charge in [-0.2, -0.15) is 0 Å². The first-order valence-electron chi connectivity index (χ1n) is 8.55. The lowest BCUT2D eigenvalue weighted by molar-refractivity contribution is 0.173. The van der Waals surface area contributed by atoms with Crippen LogP contribution in [-0.4, -0.2) is 20.0 Å². The van der Waals surface area contributed by atoms with E-state index >= 15 is 0 Å². The Morgan fingerprint density at radius 3 is 2.21 bits per heavy atom. The fourth-order valence-electron chi connectivity index (χ4n) is 3.09. The SMILES string of the molecule is CCOc1ccc([C@@H](CC)c2cc3c(cc2OCC)OCO3)cc1. The molecule has 0 amide bonds. The van der Waals surface area contributed by atoms with E-state index in [9.17, 15) is 0 Å². The third-order valence-electron chi connectivity index (χ3n) is 4.18. The second-order valence-corrected chi connectivity index (χ2v) is 5.64. The van der Waals surface area contributed by atoms with Crippen molar-refractivity contribution in [3.05, 3.63) is 47.5 Å². The van der Waals surface area contributed by atoms with Crippen LogP contribution in [0, 0.1) is 0 Å². The number of rotatable bonds is 7. The Morgan fingerprint density at radius 2 is 1.58 bits per heavy atom. The van der Waals surface area contributed by atoms with Crippen LogP contribution in [0.4, 0.5) is 0 Å². The summed E-state index contributed by atoms with van der Waals surface area (Å²) in [6.45, 7) is 7.72. The first kappa shape index (κ1) is 16.5. The van der Waals surface area contributed by atoms with E-state index in [1.165, 1.54) is 5.56 Å². The van der Waals surface area contributed by atoms with Crippen molar-refractivity contribution in [3.8, 4) is 23.0 Å². The summed E-state index contributed by atoms with van der Waals surface area (Å²) in [4.78, 5) is 0. The molecule has 0 aromatic heterocycles. The molecule has 0 spiro atoms. The normalized spacial score (nSPS) is 13.6. The average molecular weight is 328 g/mol. The molecule has 4 heteroatoms. The molecular formula is C20H24O4. The summed E-state index contributed by atoms with van der Waals surface area (Å²) in [5.41, 5.74) is 2.37. The molecule has 1 atom stereocenters. The highest BCUT2D eigenvalue weighted by molar-refractivity contribution is 5.55. The number of ether oxygens (including phenoxy) is 4. The lowest BCUT2D eigenvalue weighted by Crippen LogP contribution is -2.04. The minimum atomic E-state index is 0.233. The van der Waals surface area contributed by atoms with Crippen LogP contribution in [0.25, 0.3) is 0 Å². The molecule has 2 aromatic carbocycles. The highest BCUT2D eigenvalue weighted by atomic mass is 16.7. The van der Waals surface area contributed by atoms with Gasteiger partial charge in [-0.15, -0.1) is 0 Å². The summed E-state index contributed by atoms with van der Waals surface area (Å²) in [6, 6.07) is 12.3. The monoisotopic (exact) mass is 328 g/mol. The molecule has 24 heavy (non-hydrogen) atoms. The lowest BCUT2D eigenvalue weighted by atomic mass is 9.88. The van der Waals surface area contributed by atoms with Crippen molar-refractivity contribution in [3.63, 3.8) is 0 Å². The molecule has 0 fully saturated rings. The highest BCUT2D eigenvalue weighted by Gasteiger charge is 2.23. The standard InChI is InChI=1S/C20H24O4/c1-4-16(14-7-9-15(10-8-14)21-5-2)17-11-19-20(24-13-23-19)12-18(17)22-6-3/h7-12,16H,4-6,13H2,1-3H3/t16-/m1/s1. The van der Waals surface area contributed by atoms with Crippen LogP contribution in [0.15, 0.2) is 36.4 Å². The summed E-state index contributed by atoms with van der Waals surface area (Å²) in [5.74, 6) is 3.53. The maximum atomic E-state index is 5.87. The molecular weight excluding hydrogens is 304 g/mol. The molecule has 3 rings (SSSR count). The van der Waals surface area contributed by atoms with Gasteiger partial charge in [-0.25, -0.2) is 0 Å². The van der Waals surface area contributed by atoms with Crippen molar-refractivity contribution in [2.24, 2.45) is 0 Å². The Labute approximate surface area is 143 Å². The van der Waals surface area contributed by atoms with Gasteiger partial charge in [-0.1, -0.05) is 19.1 Å². The van der Waals surface area contributed by atoms with Crippen LogP contribution < -0.4 is 18.9 Å². The molecule has 128 valence electrons. The largest absolute Gasteiger partial charge is 0.494 e. The van der Waals surface area contributed by atoms with Crippen LogP contribution in [-0.2, 0) is 0 Å². The molecule has 1 heterocycles. The fraction of sp³-hybridized carbons (Fsp3) is 0.400. The summed E-state index contributed by atoms with van der Waals surface area (Å²) in [5, 5.41) is 0. The van der Waals surface area contributed by atoms with Crippen LogP contribution >= 0.6 is 0 Å². The van der Waals surface area contributed by atoms with Crippen LogP contribution in [0.1, 0.15) is 44.2 Å². The zero-order valence-electron chi connectivity index (χ0n) is 14.5. The Balaban J connectivity index is 1.97. The molecule has 0 saturated carbocycles. The number of benzene rings is 2. The van der Waals surface area contributed by atoms with E-state index in [0.717, 1.165) is 35.0 Å². The maximum absolute atomic E-state index is 5.87. The minimum absolute atomic E-state index is 0.233. The van der Waals surface area contributed by atoms with Crippen molar-refractivity contribution < 1.29 is 18.9 Å². The van der Waals surface area contributed by atoms with Crippen LogP contribution in [0.3, 0.4) is 0 Å². The summed E-state index contributed by atoms with van der Waals surface area (Å²) in [6.07, 6.45) is 0.966. The predicted molar refractivity (Wildman–Crippen MR) is 93.5 cm³/mol. The minimum Gasteiger partial charge on any atom is -0.494 e. The zero-order valence-corrected chi connectivity index (χ0v) is 14.5.